The van der Waals surface area contributed by atoms with Gasteiger partial charge in [0.15, 0.2) is 0 Å². The van der Waals surface area contributed by atoms with E-state index in [-0.39, 0.29) is 22.7 Å². The van der Waals surface area contributed by atoms with Gasteiger partial charge >= 0.3 is 11.9 Å². The van der Waals surface area contributed by atoms with Crippen LogP contribution in [-0.4, -0.2) is 32.1 Å². The second kappa shape index (κ2) is 7.84. The van der Waals surface area contributed by atoms with Crippen molar-refractivity contribution < 1.29 is 23.9 Å². The van der Waals surface area contributed by atoms with E-state index in [9.17, 15) is 19.6 Å². The monoisotopic (exact) mass is 444 g/mol. The second-order valence-electron chi connectivity index (χ2n) is 7.50. The molecule has 2 aliphatic heterocycles. The maximum Gasteiger partial charge on any atom is 0.355 e. The highest BCUT2D eigenvalue weighted by molar-refractivity contribution is 6.20. The first-order valence-electron chi connectivity index (χ1n) is 9.92. The van der Waals surface area contributed by atoms with Crippen LogP contribution >= 0.6 is 0 Å². The number of nitrogens with zero attached hydrogens (tertiary/aromatic N) is 2. The number of methoxy groups -OCH3 is 2. The molecule has 0 radical (unpaired) electrons. The number of esters is 2. The summed E-state index contributed by atoms with van der Waals surface area (Å²) in [6, 6.07) is 15.6. The maximum atomic E-state index is 13.5. The molecule has 0 saturated carbocycles. The Hall–Kier alpha value is -4.58. The van der Waals surface area contributed by atoms with Crippen LogP contribution < -0.4 is 16.0 Å². The number of ether oxygens (including phenoxy) is 2. The molecule has 2 heterocycles. The minimum atomic E-state index is -1.99. The van der Waals surface area contributed by atoms with Gasteiger partial charge in [-0.1, -0.05) is 30.3 Å². The van der Waals surface area contributed by atoms with E-state index in [2.05, 4.69) is 5.32 Å². The number of carbonyl (C=O) groups is 3. The number of carbonyl (C=O) groups excluding carboxylic acids is 3. The van der Waals surface area contributed by atoms with E-state index >= 15 is 0 Å². The van der Waals surface area contributed by atoms with Crippen LogP contribution in [0, 0.1) is 18.3 Å². The molecule has 0 aromatic heterocycles. The van der Waals surface area contributed by atoms with Crippen LogP contribution in [0.4, 0.5) is 11.4 Å². The van der Waals surface area contributed by atoms with Gasteiger partial charge in [-0.25, -0.2) is 9.59 Å². The molecule has 1 unspecified atom stereocenters. The summed E-state index contributed by atoms with van der Waals surface area (Å²) in [5.41, 5.74) is 5.56. The van der Waals surface area contributed by atoms with Crippen LogP contribution in [0.5, 0.6) is 0 Å². The molecule has 2 aromatic carbocycles. The quantitative estimate of drug-likeness (QED) is 0.687. The third-order valence-electron chi connectivity index (χ3n) is 5.77. The zero-order valence-corrected chi connectivity index (χ0v) is 18.1. The summed E-state index contributed by atoms with van der Waals surface area (Å²) in [6.45, 7) is 1.84. The standard InChI is InChI=1S/C24H20N4O5/c1-13-7-6-8-14(11-13)28-19(22(30)33-3)18(21(29)32-2)24(16(12-25)20(28)26)15-9-4-5-10-17(15)27-23(24)31/h4-11H,26H2,1-3H3,(H,27,31). The maximum absolute atomic E-state index is 13.5. The number of amides is 1. The Labute approximate surface area is 189 Å². The molecule has 1 atom stereocenters. The number of fused-ring (bicyclic) bond motifs is 2. The van der Waals surface area contributed by atoms with Crippen molar-refractivity contribution in [3.05, 3.63) is 82.3 Å². The number of rotatable bonds is 3. The fourth-order valence-corrected chi connectivity index (χ4v) is 4.41. The summed E-state index contributed by atoms with van der Waals surface area (Å²) < 4.78 is 10.0. The number of nitrogens with one attached hydrogen (secondary N) is 1. The third-order valence-corrected chi connectivity index (χ3v) is 5.77. The molecule has 0 bridgehead atoms. The predicted molar refractivity (Wildman–Crippen MR) is 118 cm³/mol. The number of anilines is 2. The van der Waals surface area contributed by atoms with E-state index in [0.717, 1.165) is 19.8 Å². The van der Waals surface area contributed by atoms with Crippen molar-refractivity contribution in [1.29, 1.82) is 5.26 Å². The Kier molecular flexibility index (Phi) is 5.14. The number of para-hydroxylation sites is 1. The molecule has 0 saturated heterocycles. The van der Waals surface area contributed by atoms with Crippen LogP contribution in [0.2, 0.25) is 0 Å². The first-order chi connectivity index (χ1) is 15.8. The van der Waals surface area contributed by atoms with Crippen molar-refractivity contribution in [3.8, 4) is 6.07 Å². The highest BCUT2D eigenvalue weighted by Crippen LogP contribution is 2.53. The largest absolute Gasteiger partial charge is 0.466 e. The molecule has 2 aliphatic rings. The van der Waals surface area contributed by atoms with E-state index in [1.807, 2.05) is 19.1 Å². The van der Waals surface area contributed by atoms with Crippen LogP contribution in [0.25, 0.3) is 0 Å². The molecular weight excluding hydrogens is 424 g/mol. The molecule has 9 nitrogen and oxygen atoms in total. The third kappa shape index (κ3) is 2.88. The second-order valence-corrected chi connectivity index (χ2v) is 7.50. The van der Waals surface area contributed by atoms with Gasteiger partial charge in [-0.15, -0.1) is 0 Å². The summed E-state index contributed by atoms with van der Waals surface area (Å²) in [5.74, 6) is -2.77. The molecule has 2 aromatic rings. The lowest BCUT2D eigenvalue weighted by Crippen LogP contribution is -2.51. The lowest BCUT2D eigenvalue weighted by Gasteiger charge is -2.40. The van der Waals surface area contributed by atoms with Crippen molar-refractivity contribution in [3.63, 3.8) is 0 Å². The summed E-state index contributed by atoms with van der Waals surface area (Å²) in [6.07, 6.45) is 0. The minimum Gasteiger partial charge on any atom is -0.466 e. The SMILES string of the molecule is COC(=O)C1=C(C(=O)OC)C2(C(=O)Nc3ccccc32)C(C#N)=C(N)N1c1cccc(C)c1. The molecule has 0 fully saturated rings. The topological polar surface area (TPSA) is 135 Å². The van der Waals surface area contributed by atoms with Gasteiger partial charge in [0.25, 0.3) is 0 Å². The molecule has 3 N–H and O–H groups in total. The van der Waals surface area contributed by atoms with Crippen molar-refractivity contribution in [2.24, 2.45) is 5.73 Å². The van der Waals surface area contributed by atoms with Crippen molar-refractivity contribution in [1.82, 2.24) is 0 Å². The highest BCUT2D eigenvalue weighted by atomic mass is 16.5. The molecule has 1 amide bonds. The number of hydrogen-bond donors (Lipinski definition) is 2. The van der Waals surface area contributed by atoms with Crippen LogP contribution in [0.15, 0.2) is 71.2 Å². The Balaban J connectivity index is 2.21. The van der Waals surface area contributed by atoms with Gasteiger partial charge in [-0.2, -0.15) is 5.26 Å². The Morgan fingerprint density at radius 3 is 2.42 bits per heavy atom. The number of benzene rings is 2. The molecular formula is C24H20N4O5. The Bertz CT molecular complexity index is 1320. The lowest BCUT2D eigenvalue weighted by molar-refractivity contribution is -0.140. The van der Waals surface area contributed by atoms with Gasteiger partial charge in [0.1, 0.15) is 23.0 Å². The number of hydrogen-bond acceptors (Lipinski definition) is 8. The normalized spacial score (nSPS) is 19.2. The van der Waals surface area contributed by atoms with Gasteiger partial charge in [0.2, 0.25) is 5.91 Å². The fourth-order valence-electron chi connectivity index (χ4n) is 4.41. The summed E-state index contributed by atoms with van der Waals surface area (Å²) in [5, 5.41) is 12.9. The zero-order chi connectivity index (χ0) is 23.9. The van der Waals surface area contributed by atoms with E-state index in [1.165, 1.54) is 4.90 Å². The predicted octanol–water partition coefficient (Wildman–Crippen LogP) is 2.00. The summed E-state index contributed by atoms with van der Waals surface area (Å²) in [4.78, 5) is 41.2. The van der Waals surface area contributed by atoms with Gasteiger partial charge in [0.05, 0.1) is 25.4 Å². The van der Waals surface area contributed by atoms with Crippen LogP contribution in [-0.2, 0) is 29.3 Å². The molecule has 9 heteroatoms. The van der Waals surface area contributed by atoms with E-state index < -0.39 is 23.3 Å². The average molecular weight is 444 g/mol. The smallest absolute Gasteiger partial charge is 0.355 e. The average Bonchev–Trinajstić information content (AvgIpc) is 3.10. The van der Waals surface area contributed by atoms with Gasteiger partial charge in [-0.05, 0) is 30.7 Å². The molecule has 1 spiro atoms. The van der Waals surface area contributed by atoms with E-state index in [0.29, 0.717) is 16.9 Å². The van der Waals surface area contributed by atoms with Crippen LogP contribution in [0.1, 0.15) is 11.1 Å². The molecule has 33 heavy (non-hydrogen) atoms. The molecule has 4 rings (SSSR count). The van der Waals surface area contributed by atoms with E-state index in [4.69, 9.17) is 15.2 Å². The van der Waals surface area contributed by atoms with Crippen molar-refractivity contribution in [2.45, 2.75) is 12.3 Å². The lowest BCUT2D eigenvalue weighted by atomic mass is 9.67. The van der Waals surface area contributed by atoms with Gasteiger partial charge in [0, 0.05) is 16.9 Å². The van der Waals surface area contributed by atoms with Crippen LogP contribution in [0.3, 0.4) is 0 Å². The Morgan fingerprint density at radius 2 is 1.79 bits per heavy atom. The first-order valence-corrected chi connectivity index (χ1v) is 9.92. The molecule has 166 valence electrons. The summed E-state index contributed by atoms with van der Waals surface area (Å²) >= 11 is 0. The summed E-state index contributed by atoms with van der Waals surface area (Å²) in [7, 11) is 2.27. The molecule has 0 aliphatic carbocycles. The highest BCUT2D eigenvalue weighted by Gasteiger charge is 2.61. The number of aryl methyl sites for hydroxylation is 1. The van der Waals surface area contributed by atoms with Gasteiger partial charge < -0.3 is 20.5 Å². The fraction of sp³-hybridized carbons (Fsp3) is 0.167. The Morgan fingerprint density at radius 1 is 1.09 bits per heavy atom. The zero-order valence-electron chi connectivity index (χ0n) is 18.1. The number of nitrogens with two attached hydrogens (primary N) is 1. The minimum absolute atomic E-state index is 0.178. The van der Waals surface area contributed by atoms with Gasteiger partial charge in [-0.3, -0.25) is 9.69 Å². The van der Waals surface area contributed by atoms with E-state index in [1.54, 1.807) is 42.5 Å². The van der Waals surface area contributed by atoms with Crippen molar-refractivity contribution in [2.75, 3.05) is 24.4 Å². The number of nitriles is 1. The first kappa shape index (κ1) is 21.6. The van der Waals surface area contributed by atoms with Crippen molar-refractivity contribution >= 4 is 29.2 Å².